The number of carbonyl (C=O) groups is 2. The summed E-state index contributed by atoms with van der Waals surface area (Å²) >= 11 is 0. The highest BCUT2D eigenvalue weighted by Crippen LogP contribution is 2.39. The number of rotatable bonds is 4. The van der Waals surface area contributed by atoms with Gasteiger partial charge >= 0.3 is 0 Å². The van der Waals surface area contributed by atoms with Crippen molar-refractivity contribution in [3.05, 3.63) is 24.5 Å². The summed E-state index contributed by atoms with van der Waals surface area (Å²) < 4.78 is 5.96. The number of nitrogens with one attached hydrogen (secondary N) is 1. The maximum atomic E-state index is 13.2. The van der Waals surface area contributed by atoms with Crippen LogP contribution in [0.5, 0.6) is 5.75 Å². The monoisotopic (exact) mass is 345 g/mol. The summed E-state index contributed by atoms with van der Waals surface area (Å²) in [4.78, 5) is 31.4. The molecule has 2 aliphatic rings. The Kier molecular flexibility index (Phi) is 5.25. The van der Waals surface area contributed by atoms with E-state index in [4.69, 9.17) is 4.74 Å². The number of carbonyl (C=O) groups excluding carboxylic acids is 2. The first-order chi connectivity index (χ1) is 12.0. The maximum Gasteiger partial charge on any atom is 0.242 e. The summed E-state index contributed by atoms with van der Waals surface area (Å²) in [6.45, 7) is 2.49. The van der Waals surface area contributed by atoms with Crippen LogP contribution in [-0.4, -0.2) is 47.4 Å². The maximum absolute atomic E-state index is 13.2. The van der Waals surface area contributed by atoms with Gasteiger partial charge in [0, 0.05) is 25.1 Å². The number of likely N-dealkylation sites (N-methyl/N-ethyl adjacent to an activating group) is 1. The smallest absolute Gasteiger partial charge is 0.242 e. The van der Waals surface area contributed by atoms with Crippen molar-refractivity contribution in [3.8, 4) is 5.75 Å². The number of hydrogen-bond donors (Lipinski definition) is 1. The van der Waals surface area contributed by atoms with E-state index in [2.05, 4.69) is 10.3 Å². The van der Waals surface area contributed by atoms with Gasteiger partial charge in [0.1, 0.15) is 17.9 Å². The Labute approximate surface area is 148 Å². The van der Waals surface area contributed by atoms with E-state index in [1.54, 1.807) is 24.3 Å². The molecular formula is C19H27N3O3. The van der Waals surface area contributed by atoms with Gasteiger partial charge in [0.15, 0.2) is 0 Å². The Morgan fingerprint density at radius 1 is 1.32 bits per heavy atom. The molecule has 1 saturated carbocycles. The summed E-state index contributed by atoms with van der Waals surface area (Å²) in [6.07, 6.45) is 8.81. The summed E-state index contributed by atoms with van der Waals surface area (Å²) in [5.41, 5.74) is -0.353. The zero-order valence-electron chi connectivity index (χ0n) is 15.0. The predicted octanol–water partition coefficient (Wildman–Crippen LogP) is 2.15. The summed E-state index contributed by atoms with van der Waals surface area (Å²) in [5.74, 6) is 0.643. The van der Waals surface area contributed by atoms with E-state index in [1.165, 1.54) is 6.42 Å². The van der Waals surface area contributed by atoms with Crippen molar-refractivity contribution in [2.24, 2.45) is 5.41 Å². The molecule has 0 aromatic carbocycles. The highest BCUT2D eigenvalue weighted by atomic mass is 16.5. The molecular weight excluding hydrogens is 318 g/mol. The van der Waals surface area contributed by atoms with Crippen LogP contribution in [0.1, 0.15) is 45.4 Å². The minimum absolute atomic E-state index is 0.0955. The molecule has 6 heteroatoms. The van der Waals surface area contributed by atoms with Crippen LogP contribution in [0.4, 0.5) is 0 Å². The molecule has 2 fully saturated rings. The second-order valence-electron chi connectivity index (χ2n) is 7.37. The third-order valence-corrected chi connectivity index (χ3v) is 5.48. The second kappa shape index (κ2) is 7.42. The quantitative estimate of drug-likeness (QED) is 0.908. The van der Waals surface area contributed by atoms with Gasteiger partial charge in [-0.25, -0.2) is 0 Å². The third-order valence-electron chi connectivity index (χ3n) is 5.48. The van der Waals surface area contributed by atoms with Crippen LogP contribution in [0, 0.1) is 5.41 Å². The highest BCUT2D eigenvalue weighted by Gasteiger charge is 2.46. The predicted molar refractivity (Wildman–Crippen MR) is 94.0 cm³/mol. The molecule has 2 atom stereocenters. The normalized spacial score (nSPS) is 25.4. The lowest BCUT2D eigenvalue weighted by atomic mass is 9.74. The number of hydrogen-bond acceptors (Lipinski definition) is 4. The lowest BCUT2D eigenvalue weighted by molar-refractivity contribution is -0.147. The Morgan fingerprint density at radius 3 is 2.72 bits per heavy atom. The molecule has 0 radical (unpaired) electrons. The van der Waals surface area contributed by atoms with E-state index in [9.17, 15) is 9.59 Å². The SMILES string of the molecule is CNC(=O)[C@@H]1C[C@H](Oc2cccnc2)CN1C(=O)C1(C)CCCCC1. The summed E-state index contributed by atoms with van der Waals surface area (Å²) in [7, 11) is 1.61. The van der Waals surface area contributed by atoms with E-state index in [1.807, 2.05) is 19.1 Å². The van der Waals surface area contributed by atoms with Gasteiger partial charge in [-0.15, -0.1) is 0 Å². The van der Waals surface area contributed by atoms with Crippen LogP contribution < -0.4 is 10.1 Å². The molecule has 0 unspecified atom stereocenters. The standard InChI is InChI=1S/C19H27N3O3/c1-19(8-4-3-5-9-19)18(24)22-13-15(11-16(22)17(23)20-2)25-14-7-6-10-21-12-14/h6-7,10,12,15-16H,3-5,8-9,11,13H2,1-2H3,(H,20,23)/t15-,16-/m0/s1. The average molecular weight is 345 g/mol. The summed E-state index contributed by atoms with van der Waals surface area (Å²) in [6, 6.07) is 3.19. The van der Waals surface area contributed by atoms with Gasteiger partial charge in [-0.05, 0) is 25.0 Å². The molecule has 2 heterocycles. The Morgan fingerprint density at radius 2 is 2.08 bits per heavy atom. The number of amides is 2. The second-order valence-corrected chi connectivity index (χ2v) is 7.37. The summed E-state index contributed by atoms with van der Waals surface area (Å²) in [5, 5.41) is 2.69. The zero-order chi connectivity index (χ0) is 17.9. The van der Waals surface area contributed by atoms with Gasteiger partial charge in [-0.1, -0.05) is 26.2 Å². The van der Waals surface area contributed by atoms with Crippen molar-refractivity contribution < 1.29 is 14.3 Å². The van der Waals surface area contributed by atoms with Gasteiger partial charge in [0.05, 0.1) is 12.7 Å². The lowest BCUT2D eigenvalue weighted by Crippen LogP contribution is -2.50. The van der Waals surface area contributed by atoms with Crippen LogP contribution in [0.3, 0.4) is 0 Å². The number of aromatic nitrogens is 1. The first-order valence-corrected chi connectivity index (χ1v) is 9.13. The molecule has 136 valence electrons. The number of nitrogens with zero attached hydrogens (tertiary/aromatic N) is 2. The topological polar surface area (TPSA) is 71.5 Å². The van der Waals surface area contributed by atoms with Gasteiger partial charge in [-0.3, -0.25) is 14.6 Å². The van der Waals surface area contributed by atoms with Crippen LogP contribution >= 0.6 is 0 Å². The Balaban J connectivity index is 1.75. The Hall–Kier alpha value is -2.11. The number of ether oxygens (including phenoxy) is 1. The van der Waals surface area contributed by atoms with E-state index in [-0.39, 0.29) is 23.3 Å². The van der Waals surface area contributed by atoms with Gasteiger partial charge in [0.25, 0.3) is 0 Å². The molecule has 25 heavy (non-hydrogen) atoms. The van der Waals surface area contributed by atoms with Crippen molar-refractivity contribution in [2.45, 2.75) is 57.6 Å². The van der Waals surface area contributed by atoms with Crippen molar-refractivity contribution in [3.63, 3.8) is 0 Å². The van der Waals surface area contributed by atoms with Crippen molar-refractivity contribution in [2.75, 3.05) is 13.6 Å². The molecule has 0 spiro atoms. The molecule has 6 nitrogen and oxygen atoms in total. The Bertz CT molecular complexity index is 614. The number of likely N-dealkylation sites (tertiary alicyclic amines) is 1. The fourth-order valence-corrected chi connectivity index (χ4v) is 4.02. The van der Waals surface area contributed by atoms with Crippen LogP contribution in [-0.2, 0) is 9.59 Å². The molecule has 1 aromatic heterocycles. The van der Waals surface area contributed by atoms with Gasteiger partial charge < -0.3 is 15.0 Å². The van der Waals surface area contributed by atoms with Gasteiger partial charge in [0.2, 0.25) is 11.8 Å². The first-order valence-electron chi connectivity index (χ1n) is 9.13. The van der Waals surface area contributed by atoms with E-state index in [0.717, 1.165) is 25.7 Å². The minimum atomic E-state index is -0.460. The fraction of sp³-hybridized carbons (Fsp3) is 0.632. The molecule has 1 aliphatic heterocycles. The van der Waals surface area contributed by atoms with Crippen LogP contribution in [0.25, 0.3) is 0 Å². The van der Waals surface area contributed by atoms with E-state index in [0.29, 0.717) is 18.7 Å². The molecule has 0 bridgehead atoms. The van der Waals surface area contributed by atoms with Crippen LogP contribution in [0.15, 0.2) is 24.5 Å². The molecule has 1 saturated heterocycles. The van der Waals surface area contributed by atoms with Crippen molar-refractivity contribution >= 4 is 11.8 Å². The van der Waals surface area contributed by atoms with Crippen molar-refractivity contribution in [1.82, 2.24) is 15.2 Å². The average Bonchev–Trinajstić information content (AvgIpc) is 3.05. The molecule has 1 aromatic rings. The van der Waals surface area contributed by atoms with E-state index < -0.39 is 6.04 Å². The molecule has 1 aliphatic carbocycles. The van der Waals surface area contributed by atoms with Crippen molar-refractivity contribution in [1.29, 1.82) is 0 Å². The van der Waals surface area contributed by atoms with Crippen LogP contribution in [0.2, 0.25) is 0 Å². The lowest BCUT2D eigenvalue weighted by Gasteiger charge is -2.37. The fourth-order valence-electron chi connectivity index (χ4n) is 4.02. The van der Waals surface area contributed by atoms with E-state index >= 15 is 0 Å². The minimum Gasteiger partial charge on any atom is -0.487 e. The molecule has 1 N–H and O–H groups in total. The first kappa shape index (κ1) is 17.7. The molecule has 2 amide bonds. The molecule has 3 rings (SSSR count). The third kappa shape index (κ3) is 3.78. The van der Waals surface area contributed by atoms with Gasteiger partial charge in [-0.2, -0.15) is 0 Å². The zero-order valence-corrected chi connectivity index (χ0v) is 15.0. The number of pyridine rings is 1. The largest absolute Gasteiger partial charge is 0.487 e. The highest BCUT2D eigenvalue weighted by molar-refractivity contribution is 5.90.